The van der Waals surface area contributed by atoms with E-state index in [2.05, 4.69) is 48.6 Å². The Bertz CT molecular complexity index is 529. The molecule has 2 aromatic rings. The van der Waals surface area contributed by atoms with Crippen molar-refractivity contribution in [3.8, 4) is 0 Å². The quantitative estimate of drug-likeness (QED) is 0.576. The monoisotopic (exact) mass is 213 g/mol. The molecule has 0 heterocycles. The largest absolute Gasteiger partial charge is 0.271 e. The van der Waals surface area contributed by atoms with E-state index in [-0.39, 0.29) is 0 Å². The van der Waals surface area contributed by atoms with Gasteiger partial charge in [-0.15, -0.1) is 12.6 Å². The van der Waals surface area contributed by atoms with Crippen molar-refractivity contribution in [1.82, 2.24) is 0 Å². The lowest BCUT2D eigenvalue weighted by atomic mass is 10.1. The second-order valence-electron chi connectivity index (χ2n) is 3.26. The Hall–Kier alpha value is -1.54. The molecule has 0 saturated carbocycles. The van der Waals surface area contributed by atoms with Gasteiger partial charge in [0.25, 0.3) is 0 Å². The fraction of sp³-hybridized carbons (Fsp3) is 0. The van der Waals surface area contributed by atoms with Crippen LogP contribution in [0.5, 0.6) is 0 Å². The highest BCUT2D eigenvalue weighted by atomic mass is 32.1. The molecule has 0 fully saturated rings. The molecule has 0 bridgehead atoms. The Kier molecular flexibility index (Phi) is 2.88. The van der Waals surface area contributed by atoms with Gasteiger partial charge < -0.3 is 0 Å². The number of aliphatic imine (C=N–C) groups is 1. The van der Waals surface area contributed by atoms with E-state index >= 15 is 0 Å². The molecule has 1 nitrogen and oxygen atoms in total. The van der Waals surface area contributed by atoms with Gasteiger partial charge in [-0.3, -0.25) is 4.99 Å². The smallest absolute Gasteiger partial charge is 0.0400 e. The third kappa shape index (κ3) is 2.10. The summed E-state index contributed by atoms with van der Waals surface area (Å²) in [6.45, 7) is 3.41. The van der Waals surface area contributed by atoms with Crippen molar-refractivity contribution in [2.45, 2.75) is 0 Å². The van der Waals surface area contributed by atoms with E-state index in [1.54, 1.807) is 6.20 Å². The Morgan fingerprint density at radius 1 is 1.13 bits per heavy atom. The van der Waals surface area contributed by atoms with E-state index in [9.17, 15) is 0 Å². The van der Waals surface area contributed by atoms with Crippen LogP contribution in [0.1, 0.15) is 5.56 Å². The zero-order valence-corrected chi connectivity index (χ0v) is 9.11. The summed E-state index contributed by atoms with van der Waals surface area (Å²) in [5.41, 5.74) is 1.06. The molecule has 0 aromatic heterocycles. The van der Waals surface area contributed by atoms with Crippen molar-refractivity contribution in [3.05, 3.63) is 54.2 Å². The van der Waals surface area contributed by atoms with Crippen molar-refractivity contribution in [2.75, 3.05) is 0 Å². The third-order valence-electron chi connectivity index (χ3n) is 2.26. The van der Waals surface area contributed by atoms with Gasteiger partial charge in [-0.1, -0.05) is 36.4 Å². The van der Waals surface area contributed by atoms with Gasteiger partial charge in [0.15, 0.2) is 0 Å². The Morgan fingerprint density at radius 3 is 2.60 bits per heavy atom. The lowest BCUT2D eigenvalue weighted by Gasteiger charge is -2.02. The highest BCUT2D eigenvalue weighted by molar-refractivity contribution is 7.90. The molecular formula is C13H11NS. The van der Waals surface area contributed by atoms with Crippen LogP contribution in [0.3, 0.4) is 0 Å². The molecule has 0 atom stereocenters. The van der Waals surface area contributed by atoms with E-state index in [0.29, 0.717) is 0 Å². The van der Waals surface area contributed by atoms with Gasteiger partial charge in [0, 0.05) is 11.1 Å². The Labute approximate surface area is 94.6 Å². The van der Waals surface area contributed by atoms with Crippen LogP contribution in [0.4, 0.5) is 0 Å². The molecule has 74 valence electrons. The van der Waals surface area contributed by atoms with Crippen LogP contribution in [-0.2, 0) is 0 Å². The molecule has 0 aliphatic carbocycles. The average molecular weight is 213 g/mol. The molecule has 0 amide bonds. The molecule has 0 N–H and O–H groups in total. The van der Waals surface area contributed by atoms with Crippen molar-refractivity contribution < 1.29 is 0 Å². The van der Waals surface area contributed by atoms with Gasteiger partial charge >= 0.3 is 0 Å². The van der Waals surface area contributed by atoms with E-state index < -0.39 is 0 Å². The van der Waals surface area contributed by atoms with Gasteiger partial charge in [0.1, 0.15) is 0 Å². The molecule has 2 rings (SSSR count). The maximum atomic E-state index is 4.35. The first-order valence-corrected chi connectivity index (χ1v) is 5.10. The second-order valence-corrected chi connectivity index (χ2v) is 3.74. The number of hydrogen-bond donors (Lipinski definition) is 1. The zero-order chi connectivity index (χ0) is 10.7. The summed E-state index contributed by atoms with van der Waals surface area (Å²) in [5.74, 6) is 0. The molecule has 0 spiro atoms. The summed E-state index contributed by atoms with van der Waals surface area (Å²) in [5, 5.41) is 2.44. The fourth-order valence-electron chi connectivity index (χ4n) is 1.51. The van der Waals surface area contributed by atoms with E-state index in [1.165, 1.54) is 10.8 Å². The van der Waals surface area contributed by atoms with E-state index in [1.807, 2.05) is 18.2 Å². The molecule has 0 aliphatic heterocycles. The molecule has 0 saturated heterocycles. The predicted molar refractivity (Wildman–Crippen MR) is 70.5 cm³/mol. The standard InChI is InChI=1S/C13H11NS/c1-14-9-13(15)12-7-6-10-4-2-3-5-11(10)8-12/h2-9,15H,1H2/b13-9-. The second kappa shape index (κ2) is 4.32. The highest BCUT2D eigenvalue weighted by Crippen LogP contribution is 2.23. The Morgan fingerprint density at radius 2 is 1.87 bits per heavy atom. The van der Waals surface area contributed by atoms with Crippen LogP contribution in [0, 0.1) is 0 Å². The van der Waals surface area contributed by atoms with Gasteiger partial charge in [-0.05, 0) is 29.1 Å². The first kappa shape index (κ1) is 9.99. The minimum Gasteiger partial charge on any atom is -0.271 e. The first-order valence-electron chi connectivity index (χ1n) is 4.65. The van der Waals surface area contributed by atoms with Crippen LogP contribution in [-0.4, -0.2) is 6.72 Å². The number of thiol groups is 1. The highest BCUT2D eigenvalue weighted by Gasteiger charge is 1.97. The lowest BCUT2D eigenvalue weighted by molar-refractivity contribution is 1.61. The van der Waals surface area contributed by atoms with Gasteiger partial charge in [0.2, 0.25) is 0 Å². The van der Waals surface area contributed by atoms with E-state index in [4.69, 9.17) is 0 Å². The molecule has 0 radical (unpaired) electrons. The predicted octanol–water partition coefficient (Wildman–Crippen LogP) is 3.77. The van der Waals surface area contributed by atoms with Crippen molar-refractivity contribution in [2.24, 2.45) is 4.99 Å². The van der Waals surface area contributed by atoms with Gasteiger partial charge in [-0.25, -0.2) is 0 Å². The summed E-state index contributed by atoms with van der Waals surface area (Å²) in [4.78, 5) is 4.53. The van der Waals surface area contributed by atoms with E-state index in [0.717, 1.165) is 10.5 Å². The summed E-state index contributed by atoms with van der Waals surface area (Å²) in [6.07, 6.45) is 1.65. The normalized spacial score (nSPS) is 11.7. The van der Waals surface area contributed by atoms with Crippen LogP contribution < -0.4 is 0 Å². The SMILES string of the molecule is C=N/C=C(\S)c1ccc2ccccc2c1. The summed E-state index contributed by atoms with van der Waals surface area (Å²) in [7, 11) is 0. The maximum Gasteiger partial charge on any atom is 0.0400 e. The van der Waals surface area contributed by atoms with Crippen LogP contribution in [0.25, 0.3) is 15.7 Å². The number of hydrogen-bond acceptors (Lipinski definition) is 2. The van der Waals surface area contributed by atoms with Gasteiger partial charge in [0.05, 0.1) is 0 Å². The molecule has 0 aliphatic rings. The minimum absolute atomic E-state index is 0.829. The Balaban J connectivity index is 2.56. The molecule has 0 unspecified atom stereocenters. The first-order chi connectivity index (χ1) is 7.31. The molecule has 15 heavy (non-hydrogen) atoms. The molecule has 2 aromatic carbocycles. The van der Waals surface area contributed by atoms with Gasteiger partial charge in [-0.2, -0.15) is 0 Å². The third-order valence-corrected chi connectivity index (χ3v) is 2.63. The lowest BCUT2D eigenvalue weighted by Crippen LogP contribution is -1.78. The van der Waals surface area contributed by atoms with Crippen molar-refractivity contribution in [1.29, 1.82) is 0 Å². The summed E-state index contributed by atoms with van der Waals surface area (Å²) < 4.78 is 0. The minimum atomic E-state index is 0.829. The maximum absolute atomic E-state index is 4.35. The zero-order valence-electron chi connectivity index (χ0n) is 8.22. The molecule has 2 heteroatoms. The van der Waals surface area contributed by atoms with Crippen LogP contribution in [0.15, 0.2) is 53.7 Å². The summed E-state index contributed by atoms with van der Waals surface area (Å²) >= 11 is 4.35. The van der Waals surface area contributed by atoms with Crippen molar-refractivity contribution >= 4 is 35.0 Å². The van der Waals surface area contributed by atoms with Crippen LogP contribution in [0.2, 0.25) is 0 Å². The topological polar surface area (TPSA) is 12.4 Å². The average Bonchev–Trinajstić information content (AvgIpc) is 2.29. The fourth-order valence-corrected chi connectivity index (χ4v) is 1.73. The number of rotatable bonds is 2. The molecular weight excluding hydrogens is 202 g/mol. The number of benzene rings is 2. The number of nitrogens with zero attached hydrogens (tertiary/aromatic N) is 1. The number of fused-ring (bicyclic) bond motifs is 1. The summed E-state index contributed by atoms with van der Waals surface area (Å²) in [6, 6.07) is 14.4. The van der Waals surface area contributed by atoms with Crippen molar-refractivity contribution in [3.63, 3.8) is 0 Å². The van der Waals surface area contributed by atoms with Crippen LogP contribution >= 0.6 is 12.6 Å².